The molecule has 0 spiro atoms. The first-order chi connectivity index (χ1) is 12.8. The summed E-state index contributed by atoms with van der Waals surface area (Å²) >= 11 is 1.76. The summed E-state index contributed by atoms with van der Waals surface area (Å²) in [5, 5.41) is 9.79. The second kappa shape index (κ2) is 8.02. The summed E-state index contributed by atoms with van der Waals surface area (Å²) < 4.78 is 0. The lowest BCUT2D eigenvalue weighted by Gasteiger charge is -2.31. The second-order valence-electron chi connectivity index (χ2n) is 7.12. The zero-order chi connectivity index (χ0) is 17.8. The first-order valence-electron chi connectivity index (χ1n) is 9.28. The molecule has 0 unspecified atom stereocenters. The van der Waals surface area contributed by atoms with Crippen LogP contribution in [0.3, 0.4) is 0 Å². The first kappa shape index (κ1) is 17.3. The van der Waals surface area contributed by atoms with Gasteiger partial charge in [0.15, 0.2) is 0 Å². The van der Waals surface area contributed by atoms with Gasteiger partial charge in [0.1, 0.15) is 0 Å². The van der Waals surface area contributed by atoms with Crippen LogP contribution in [0.4, 0.5) is 0 Å². The molecule has 2 heterocycles. The predicted molar refractivity (Wildman–Crippen MR) is 109 cm³/mol. The highest BCUT2D eigenvalue weighted by molar-refractivity contribution is 7.07. The van der Waals surface area contributed by atoms with Crippen molar-refractivity contribution in [2.24, 2.45) is 5.92 Å². The van der Waals surface area contributed by atoms with Crippen molar-refractivity contribution in [3.8, 4) is 0 Å². The molecule has 0 aliphatic carbocycles. The maximum Gasteiger partial charge on any atom is 0.251 e. The Balaban J connectivity index is 1.26. The Kier molecular flexibility index (Phi) is 5.32. The fourth-order valence-corrected chi connectivity index (χ4v) is 4.32. The number of piperidine rings is 1. The number of nitrogens with zero attached hydrogens (tertiary/aromatic N) is 1. The molecule has 2 aromatic carbocycles. The summed E-state index contributed by atoms with van der Waals surface area (Å²) in [5.74, 6) is 0.620. The van der Waals surface area contributed by atoms with Crippen LogP contribution < -0.4 is 5.32 Å². The molecule has 4 rings (SSSR count). The maximum atomic E-state index is 12.5. The van der Waals surface area contributed by atoms with Gasteiger partial charge in [0.05, 0.1) is 0 Å². The number of thiophene rings is 1. The minimum atomic E-state index is 0.0384. The third-order valence-electron chi connectivity index (χ3n) is 5.26. The summed E-state index contributed by atoms with van der Waals surface area (Å²) in [5.41, 5.74) is 2.16. The van der Waals surface area contributed by atoms with E-state index in [1.807, 2.05) is 30.3 Å². The third kappa shape index (κ3) is 4.14. The van der Waals surface area contributed by atoms with E-state index in [1.165, 1.54) is 10.9 Å². The highest BCUT2D eigenvalue weighted by Crippen LogP contribution is 2.20. The van der Waals surface area contributed by atoms with Crippen molar-refractivity contribution in [3.63, 3.8) is 0 Å². The molecule has 4 heteroatoms. The van der Waals surface area contributed by atoms with E-state index in [1.54, 1.807) is 11.3 Å². The molecular weight excluding hydrogens is 340 g/mol. The van der Waals surface area contributed by atoms with Gasteiger partial charge in [0.25, 0.3) is 5.91 Å². The van der Waals surface area contributed by atoms with E-state index in [0.717, 1.165) is 50.0 Å². The van der Waals surface area contributed by atoms with Gasteiger partial charge < -0.3 is 5.32 Å². The van der Waals surface area contributed by atoms with Gasteiger partial charge in [-0.25, -0.2) is 0 Å². The van der Waals surface area contributed by atoms with Gasteiger partial charge in [-0.15, -0.1) is 0 Å². The highest BCUT2D eigenvalue weighted by Gasteiger charge is 2.20. The van der Waals surface area contributed by atoms with Crippen LogP contribution in [0.1, 0.15) is 28.8 Å². The first-order valence-corrected chi connectivity index (χ1v) is 10.2. The smallest absolute Gasteiger partial charge is 0.251 e. The van der Waals surface area contributed by atoms with E-state index in [9.17, 15) is 4.79 Å². The van der Waals surface area contributed by atoms with Gasteiger partial charge in [0.2, 0.25) is 0 Å². The molecule has 1 fully saturated rings. The zero-order valence-corrected chi connectivity index (χ0v) is 15.7. The average molecular weight is 365 g/mol. The molecule has 0 bridgehead atoms. The van der Waals surface area contributed by atoms with E-state index in [2.05, 4.69) is 39.2 Å². The predicted octanol–water partition coefficient (Wildman–Crippen LogP) is 4.54. The number of likely N-dealkylation sites (tertiary alicyclic amines) is 1. The summed E-state index contributed by atoms with van der Waals surface area (Å²) in [7, 11) is 0. The molecule has 1 saturated heterocycles. The molecule has 1 aliphatic heterocycles. The molecule has 1 amide bonds. The Labute approximate surface area is 158 Å². The lowest BCUT2D eigenvalue weighted by atomic mass is 9.96. The Morgan fingerprint density at radius 2 is 1.88 bits per heavy atom. The molecule has 134 valence electrons. The van der Waals surface area contributed by atoms with Gasteiger partial charge >= 0.3 is 0 Å². The van der Waals surface area contributed by atoms with Crippen LogP contribution in [-0.4, -0.2) is 30.4 Å². The topological polar surface area (TPSA) is 32.3 Å². The van der Waals surface area contributed by atoms with Gasteiger partial charge in [0, 0.05) is 18.7 Å². The zero-order valence-electron chi connectivity index (χ0n) is 14.9. The van der Waals surface area contributed by atoms with Gasteiger partial charge in [-0.05, 0) is 77.1 Å². The summed E-state index contributed by atoms with van der Waals surface area (Å²) in [6.45, 7) is 4.07. The van der Waals surface area contributed by atoms with Crippen LogP contribution in [0.5, 0.6) is 0 Å². The van der Waals surface area contributed by atoms with Crippen LogP contribution >= 0.6 is 11.3 Å². The number of nitrogens with one attached hydrogen (secondary N) is 1. The summed E-state index contributed by atoms with van der Waals surface area (Å²) in [6, 6.07) is 16.3. The van der Waals surface area contributed by atoms with Gasteiger partial charge in [-0.3, -0.25) is 9.69 Å². The number of carbonyl (C=O) groups excluding carboxylic acids is 1. The van der Waals surface area contributed by atoms with E-state index in [-0.39, 0.29) is 5.91 Å². The fraction of sp³-hybridized carbons (Fsp3) is 0.318. The van der Waals surface area contributed by atoms with Gasteiger partial charge in [-0.1, -0.05) is 30.3 Å². The van der Waals surface area contributed by atoms with Crippen molar-refractivity contribution < 1.29 is 4.79 Å². The number of benzene rings is 2. The van der Waals surface area contributed by atoms with Crippen molar-refractivity contribution in [1.82, 2.24) is 10.2 Å². The monoisotopic (exact) mass is 364 g/mol. The number of carbonyl (C=O) groups is 1. The number of amides is 1. The molecule has 0 saturated carbocycles. The number of fused-ring (bicyclic) bond motifs is 1. The molecule has 1 aliphatic rings. The molecule has 3 aromatic rings. The molecule has 0 atom stereocenters. The van der Waals surface area contributed by atoms with Crippen molar-refractivity contribution in [2.75, 3.05) is 19.6 Å². The SMILES string of the molecule is O=C(NCC1CCN(Cc2ccsc2)CC1)c1ccc2ccccc2c1. The van der Waals surface area contributed by atoms with Gasteiger partial charge in [-0.2, -0.15) is 11.3 Å². The molecule has 1 N–H and O–H groups in total. The van der Waals surface area contributed by atoms with Crippen molar-refractivity contribution >= 4 is 28.0 Å². The van der Waals surface area contributed by atoms with Crippen molar-refractivity contribution in [2.45, 2.75) is 19.4 Å². The Morgan fingerprint density at radius 3 is 2.65 bits per heavy atom. The number of hydrogen-bond donors (Lipinski definition) is 1. The third-order valence-corrected chi connectivity index (χ3v) is 5.99. The van der Waals surface area contributed by atoms with Crippen LogP contribution in [0.2, 0.25) is 0 Å². The maximum absolute atomic E-state index is 12.5. The molecule has 1 aromatic heterocycles. The highest BCUT2D eigenvalue weighted by atomic mass is 32.1. The lowest BCUT2D eigenvalue weighted by molar-refractivity contribution is 0.0935. The van der Waals surface area contributed by atoms with E-state index in [0.29, 0.717) is 5.92 Å². The molecular formula is C22H24N2OS. The van der Waals surface area contributed by atoms with E-state index in [4.69, 9.17) is 0 Å². The second-order valence-corrected chi connectivity index (χ2v) is 7.90. The van der Waals surface area contributed by atoms with Crippen LogP contribution in [0.25, 0.3) is 10.8 Å². The molecule has 0 radical (unpaired) electrons. The Hall–Kier alpha value is -2.17. The van der Waals surface area contributed by atoms with Crippen molar-refractivity contribution in [1.29, 1.82) is 0 Å². The van der Waals surface area contributed by atoms with E-state index >= 15 is 0 Å². The van der Waals surface area contributed by atoms with Crippen LogP contribution in [0.15, 0.2) is 59.3 Å². The van der Waals surface area contributed by atoms with Crippen LogP contribution in [-0.2, 0) is 6.54 Å². The average Bonchev–Trinajstić information content (AvgIpc) is 3.20. The number of hydrogen-bond acceptors (Lipinski definition) is 3. The van der Waals surface area contributed by atoms with Crippen LogP contribution in [0, 0.1) is 5.92 Å². The minimum absolute atomic E-state index is 0.0384. The Morgan fingerprint density at radius 1 is 1.08 bits per heavy atom. The summed E-state index contributed by atoms with van der Waals surface area (Å²) in [6.07, 6.45) is 2.31. The number of rotatable bonds is 5. The quantitative estimate of drug-likeness (QED) is 0.721. The van der Waals surface area contributed by atoms with E-state index < -0.39 is 0 Å². The standard InChI is InChI=1S/C22H24N2OS/c25-22(21-6-5-19-3-1-2-4-20(19)13-21)23-14-17-7-10-24(11-8-17)15-18-9-12-26-16-18/h1-6,9,12-13,16-17H,7-8,10-11,14-15H2,(H,23,25). The largest absolute Gasteiger partial charge is 0.352 e. The Bertz CT molecular complexity index is 867. The summed E-state index contributed by atoms with van der Waals surface area (Å²) in [4.78, 5) is 15.0. The minimum Gasteiger partial charge on any atom is -0.352 e. The molecule has 26 heavy (non-hydrogen) atoms. The normalized spacial score (nSPS) is 16.0. The molecule has 3 nitrogen and oxygen atoms in total. The van der Waals surface area contributed by atoms with Crippen molar-refractivity contribution in [3.05, 3.63) is 70.4 Å². The fourth-order valence-electron chi connectivity index (χ4n) is 3.66. The lowest BCUT2D eigenvalue weighted by Crippen LogP contribution is -2.38.